The summed E-state index contributed by atoms with van der Waals surface area (Å²) >= 11 is 1.53. The average Bonchev–Trinajstić information content (AvgIpc) is 3.24. The number of thioether (sulfide) groups is 1. The number of rotatable bonds is 6. The molecular weight excluding hydrogens is 364 g/mol. The first-order valence-corrected chi connectivity index (χ1v) is 9.29. The maximum absolute atomic E-state index is 12.5. The summed E-state index contributed by atoms with van der Waals surface area (Å²) < 4.78 is 7.57. The number of amides is 2. The molecule has 1 aromatic carbocycles. The number of carbonyl (C=O) groups is 2. The van der Waals surface area contributed by atoms with E-state index in [2.05, 4.69) is 15.6 Å². The Kier molecular flexibility index (Phi) is 5.66. The Labute approximate surface area is 161 Å². The van der Waals surface area contributed by atoms with E-state index < -0.39 is 0 Å². The van der Waals surface area contributed by atoms with Gasteiger partial charge in [0.2, 0.25) is 5.91 Å². The molecule has 7 nitrogen and oxygen atoms in total. The van der Waals surface area contributed by atoms with Crippen molar-refractivity contribution < 1.29 is 14.0 Å². The van der Waals surface area contributed by atoms with Crippen molar-refractivity contribution in [3.63, 3.8) is 0 Å². The lowest BCUT2D eigenvalue weighted by atomic mass is 10.2. The summed E-state index contributed by atoms with van der Waals surface area (Å²) in [7, 11) is 1.92. The molecule has 0 spiro atoms. The first-order valence-electron chi connectivity index (χ1n) is 8.31. The molecule has 140 valence electrons. The highest BCUT2D eigenvalue weighted by molar-refractivity contribution is 7.98. The van der Waals surface area contributed by atoms with Crippen LogP contribution in [0.2, 0.25) is 0 Å². The molecule has 0 radical (unpaired) electrons. The summed E-state index contributed by atoms with van der Waals surface area (Å²) in [6.45, 7) is 3.33. The lowest BCUT2D eigenvalue weighted by Crippen LogP contribution is -2.14. The molecule has 0 saturated carbocycles. The van der Waals surface area contributed by atoms with Crippen LogP contribution in [0, 0.1) is 6.92 Å². The number of hydrogen-bond donors (Lipinski definition) is 2. The Morgan fingerprint density at radius 3 is 2.70 bits per heavy atom. The third kappa shape index (κ3) is 4.79. The SMILES string of the molecule is CC(=O)Nc1ccc(C)cc1NC(=O)c1ccc(CSc2nccn2C)o1. The first kappa shape index (κ1) is 18.8. The van der Waals surface area contributed by atoms with Gasteiger partial charge in [0.25, 0.3) is 5.91 Å². The average molecular weight is 384 g/mol. The van der Waals surface area contributed by atoms with E-state index in [0.717, 1.165) is 10.7 Å². The number of hydrogen-bond acceptors (Lipinski definition) is 5. The molecule has 3 aromatic rings. The highest BCUT2D eigenvalue weighted by Gasteiger charge is 2.15. The van der Waals surface area contributed by atoms with Crippen LogP contribution in [-0.4, -0.2) is 21.4 Å². The Balaban J connectivity index is 1.68. The van der Waals surface area contributed by atoms with Crippen molar-refractivity contribution in [2.45, 2.75) is 24.8 Å². The van der Waals surface area contributed by atoms with Gasteiger partial charge in [-0.1, -0.05) is 17.8 Å². The molecule has 0 unspecified atom stereocenters. The fourth-order valence-electron chi connectivity index (χ4n) is 2.45. The molecule has 3 rings (SSSR count). The van der Waals surface area contributed by atoms with Crippen LogP contribution in [0.3, 0.4) is 0 Å². The van der Waals surface area contributed by atoms with Gasteiger partial charge in [-0.05, 0) is 36.8 Å². The van der Waals surface area contributed by atoms with Crippen LogP contribution in [-0.2, 0) is 17.6 Å². The molecule has 0 fully saturated rings. The molecule has 2 heterocycles. The molecule has 0 atom stereocenters. The van der Waals surface area contributed by atoms with Crippen LogP contribution in [0.4, 0.5) is 11.4 Å². The Morgan fingerprint density at radius 2 is 2.00 bits per heavy atom. The molecule has 0 bridgehead atoms. The molecule has 2 aromatic heterocycles. The third-order valence-electron chi connectivity index (χ3n) is 3.74. The van der Waals surface area contributed by atoms with E-state index in [9.17, 15) is 9.59 Å². The second-order valence-electron chi connectivity index (χ2n) is 6.06. The van der Waals surface area contributed by atoms with E-state index in [-0.39, 0.29) is 17.6 Å². The van der Waals surface area contributed by atoms with Crippen molar-refractivity contribution >= 4 is 35.0 Å². The highest BCUT2D eigenvalue weighted by Crippen LogP contribution is 2.25. The van der Waals surface area contributed by atoms with E-state index in [1.807, 2.05) is 30.8 Å². The number of carbonyl (C=O) groups excluding carboxylic acids is 2. The van der Waals surface area contributed by atoms with Gasteiger partial charge in [-0.2, -0.15) is 0 Å². The largest absolute Gasteiger partial charge is 0.455 e. The van der Waals surface area contributed by atoms with Crippen LogP contribution in [0.15, 0.2) is 52.3 Å². The van der Waals surface area contributed by atoms with Gasteiger partial charge in [0.1, 0.15) is 5.76 Å². The van der Waals surface area contributed by atoms with Crippen LogP contribution < -0.4 is 10.6 Å². The number of aryl methyl sites for hydroxylation is 2. The van der Waals surface area contributed by atoms with E-state index in [4.69, 9.17) is 4.42 Å². The normalized spacial score (nSPS) is 10.6. The van der Waals surface area contributed by atoms with Gasteiger partial charge in [0, 0.05) is 26.4 Å². The number of furan rings is 1. The number of benzene rings is 1. The Morgan fingerprint density at radius 1 is 1.19 bits per heavy atom. The summed E-state index contributed by atoms with van der Waals surface area (Å²) in [6, 6.07) is 8.82. The molecule has 0 aliphatic carbocycles. The van der Waals surface area contributed by atoms with Gasteiger partial charge in [-0.15, -0.1) is 0 Å². The molecule has 2 N–H and O–H groups in total. The van der Waals surface area contributed by atoms with E-state index in [1.165, 1.54) is 18.7 Å². The van der Waals surface area contributed by atoms with Crippen LogP contribution in [0.1, 0.15) is 28.8 Å². The fourth-order valence-corrected chi connectivity index (χ4v) is 3.27. The highest BCUT2D eigenvalue weighted by atomic mass is 32.2. The van der Waals surface area contributed by atoms with Crippen molar-refractivity contribution in [1.29, 1.82) is 0 Å². The maximum Gasteiger partial charge on any atom is 0.291 e. The molecule has 2 amide bonds. The summed E-state index contributed by atoms with van der Waals surface area (Å²) in [5.41, 5.74) is 2.03. The summed E-state index contributed by atoms with van der Waals surface area (Å²) in [5.74, 6) is 0.876. The second kappa shape index (κ2) is 8.13. The first-order chi connectivity index (χ1) is 12.9. The number of nitrogens with one attached hydrogen (secondary N) is 2. The fraction of sp³-hybridized carbons (Fsp3) is 0.211. The molecule has 8 heteroatoms. The zero-order valence-corrected chi connectivity index (χ0v) is 16.1. The minimum Gasteiger partial charge on any atom is -0.455 e. The third-order valence-corrected chi connectivity index (χ3v) is 4.82. The van der Waals surface area contributed by atoms with Gasteiger partial charge in [0.05, 0.1) is 17.1 Å². The molecule has 27 heavy (non-hydrogen) atoms. The maximum atomic E-state index is 12.5. The van der Waals surface area contributed by atoms with Gasteiger partial charge < -0.3 is 19.6 Å². The minimum absolute atomic E-state index is 0.207. The van der Waals surface area contributed by atoms with Crippen molar-refractivity contribution in [3.8, 4) is 0 Å². The topological polar surface area (TPSA) is 89.2 Å². The van der Waals surface area contributed by atoms with E-state index >= 15 is 0 Å². The van der Waals surface area contributed by atoms with Crippen molar-refractivity contribution in [1.82, 2.24) is 9.55 Å². The van der Waals surface area contributed by atoms with Crippen LogP contribution in [0.5, 0.6) is 0 Å². The molecule has 0 aliphatic heterocycles. The predicted molar refractivity (Wildman–Crippen MR) is 105 cm³/mol. The Hall–Kier alpha value is -3.00. The smallest absolute Gasteiger partial charge is 0.291 e. The zero-order chi connectivity index (χ0) is 19.4. The Bertz CT molecular complexity index is 977. The van der Waals surface area contributed by atoms with Gasteiger partial charge in [-0.25, -0.2) is 4.98 Å². The lowest BCUT2D eigenvalue weighted by Gasteiger charge is -2.11. The molecular formula is C19H20N4O3S. The second-order valence-corrected chi connectivity index (χ2v) is 7.00. The van der Waals surface area contributed by atoms with Gasteiger partial charge >= 0.3 is 0 Å². The van der Waals surface area contributed by atoms with Crippen molar-refractivity contribution in [2.24, 2.45) is 7.05 Å². The van der Waals surface area contributed by atoms with E-state index in [0.29, 0.717) is 22.9 Å². The standard InChI is InChI=1S/C19H20N4O3S/c1-12-4-6-15(21-13(2)24)16(10-12)22-18(25)17-7-5-14(26-17)11-27-19-20-8-9-23(19)3/h4-10H,11H2,1-3H3,(H,21,24)(H,22,25). The molecule has 0 saturated heterocycles. The van der Waals surface area contributed by atoms with E-state index in [1.54, 1.807) is 30.5 Å². The van der Waals surface area contributed by atoms with Crippen molar-refractivity contribution in [3.05, 3.63) is 59.8 Å². The quantitative estimate of drug-likeness (QED) is 0.631. The van der Waals surface area contributed by atoms with Gasteiger partial charge in [-0.3, -0.25) is 9.59 Å². The van der Waals surface area contributed by atoms with Gasteiger partial charge in [0.15, 0.2) is 10.9 Å². The minimum atomic E-state index is -0.375. The van der Waals surface area contributed by atoms with Crippen LogP contribution >= 0.6 is 11.8 Å². The monoisotopic (exact) mass is 384 g/mol. The predicted octanol–water partition coefficient (Wildman–Crippen LogP) is 3.82. The summed E-state index contributed by atoms with van der Waals surface area (Å²) in [4.78, 5) is 28.1. The summed E-state index contributed by atoms with van der Waals surface area (Å²) in [5, 5.41) is 6.37. The summed E-state index contributed by atoms with van der Waals surface area (Å²) in [6.07, 6.45) is 3.61. The number of nitrogens with zero attached hydrogens (tertiary/aromatic N) is 2. The number of imidazole rings is 1. The van der Waals surface area contributed by atoms with Crippen molar-refractivity contribution in [2.75, 3.05) is 10.6 Å². The van der Waals surface area contributed by atoms with Crippen LogP contribution in [0.25, 0.3) is 0 Å². The lowest BCUT2D eigenvalue weighted by molar-refractivity contribution is -0.114. The zero-order valence-electron chi connectivity index (χ0n) is 15.3. The number of anilines is 2. The molecule has 0 aliphatic rings. The number of aromatic nitrogens is 2.